The molecule has 1 saturated heterocycles. The molecule has 1 fully saturated rings. The van der Waals surface area contributed by atoms with E-state index in [0.717, 1.165) is 19.4 Å². The van der Waals surface area contributed by atoms with Crippen LogP contribution in [0.4, 0.5) is 10.1 Å². The van der Waals surface area contributed by atoms with Crippen molar-refractivity contribution >= 4 is 21.6 Å². The number of benzene rings is 1. The van der Waals surface area contributed by atoms with Gasteiger partial charge in [-0.25, -0.2) is 4.39 Å². The number of nitriles is 1. The zero-order valence-corrected chi connectivity index (χ0v) is 12.0. The zero-order chi connectivity index (χ0) is 13.1. The van der Waals surface area contributed by atoms with Gasteiger partial charge < -0.3 is 4.90 Å². The van der Waals surface area contributed by atoms with Gasteiger partial charge in [-0.1, -0.05) is 12.8 Å². The Bertz CT molecular complexity index is 481. The van der Waals surface area contributed by atoms with E-state index in [1.165, 1.54) is 12.8 Å². The van der Waals surface area contributed by atoms with Crippen molar-refractivity contribution in [2.75, 3.05) is 11.4 Å². The van der Waals surface area contributed by atoms with E-state index in [4.69, 9.17) is 5.26 Å². The lowest BCUT2D eigenvalue weighted by Crippen LogP contribution is -2.33. The molecule has 0 spiro atoms. The summed E-state index contributed by atoms with van der Waals surface area (Å²) in [5.74, 6) is -0.317. The Kier molecular flexibility index (Phi) is 4.23. The summed E-state index contributed by atoms with van der Waals surface area (Å²) in [6.07, 6.45) is 4.61. The van der Waals surface area contributed by atoms with E-state index in [1.807, 2.05) is 6.07 Å². The van der Waals surface area contributed by atoms with Gasteiger partial charge >= 0.3 is 0 Å². The van der Waals surface area contributed by atoms with E-state index in [-0.39, 0.29) is 10.3 Å². The third-order valence-corrected chi connectivity index (χ3v) is 4.32. The molecular weight excluding hydrogens is 295 g/mol. The highest BCUT2D eigenvalue weighted by molar-refractivity contribution is 9.10. The first-order valence-electron chi connectivity index (χ1n) is 6.30. The summed E-state index contributed by atoms with van der Waals surface area (Å²) in [5.41, 5.74) is 0.953. The third kappa shape index (κ3) is 2.51. The maximum atomic E-state index is 14.3. The van der Waals surface area contributed by atoms with E-state index in [0.29, 0.717) is 17.3 Å². The first kappa shape index (κ1) is 13.4. The molecule has 2 nitrogen and oxygen atoms in total. The molecule has 1 aromatic rings. The van der Waals surface area contributed by atoms with Gasteiger partial charge in [0.25, 0.3) is 0 Å². The third-order valence-electron chi connectivity index (χ3n) is 3.54. The monoisotopic (exact) mass is 310 g/mol. The summed E-state index contributed by atoms with van der Waals surface area (Å²) >= 11 is 3.17. The number of nitrogens with zero attached hydrogens (tertiary/aromatic N) is 2. The molecule has 0 saturated carbocycles. The molecule has 0 bridgehead atoms. The van der Waals surface area contributed by atoms with Crippen LogP contribution in [0, 0.1) is 17.1 Å². The summed E-state index contributed by atoms with van der Waals surface area (Å²) in [6, 6.07) is 5.74. The van der Waals surface area contributed by atoms with Crippen LogP contribution in [0.25, 0.3) is 0 Å². The Hall–Kier alpha value is -1.08. The fourth-order valence-electron chi connectivity index (χ4n) is 2.48. The van der Waals surface area contributed by atoms with E-state index >= 15 is 0 Å². The molecule has 1 aliphatic rings. The summed E-state index contributed by atoms with van der Waals surface area (Å²) in [5, 5.41) is 8.88. The van der Waals surface area contributed by atoms with Gasteiger partial charge in [0, 0.05) is 12.6 Å². The standard InChI is InChI=1S/C14H16BrFN2/c1-10-5-3-2-4-8-18(10)12-7-6-11(9-17)13(15)14(12)16/h6-7,10H,2-5,8H2,1H3. The van der Waals surface area contributed by atoms with Crippen molar-refractivity contribution in [1.29, 1.82) is 5.26 Å². The van der Waals surface area contributed by atoms with Crippen molar-refractivity contribution in [3.8, 4) is 6.07 Å². The Morgan fingerprint density at radius 1 is 1.39 bits per heavy atom. The molecule has 0 aromatic heterocycles. The molecule has 96 valence electrons. The lowest BCUT2D eigenvalue weighted by atomic mass is 10.1. The Labute approximate surface area is 116 Å². The fraction of sp³-hybridized carbons (Fsp3) is 0.500. The lowest BCUT2D eigenvalue weighted by Gasteiger charge is -2.30. The molecule has 4 heteroatoms. The van der Waals surface area contributed by atoms with Gasteiger partial charge in [0.15, 0.2) is 5.82 Å². The second kappa shape index (κ2) is 5.71. The normalized spacial score (nSPS) is 20.3. The SMILES string of the molecule is CC1CCCCCN1c1ccc(C#N)c(Br)c1F. The maximum absolute atomic E-state index is 14.3. The largest absolute Gasteiger partial charge is 0.366 e. The van der Waals surface area contributed by atoms with Gasteiger partial charge in [0.1, 0.15) is 6.07 Å². The fourth-order valence-corrected chi connectivity index (χ4v) is 2.90. The van der Waals surface area contributed by atoms with Crippen molar-refractivity contribution in [3.05, 3.63) is 28.0 Å². The summed E-state index contributed by atoms with van der Waals surface area (Å²) in [7, 11) is 0. The number of rotatable bonds is 1. The van der Waals surface area contributed by atoms with E-state index < -0.39 is 0 Å². The summed E-state index contributed by atoms with van der Waals surface area (Å²) < 4.78 is 14.6. The molecule has 2 rings (SSSR count). The predicted octanol–water partition coefficient (Wildman–Crippen LogP) is 4.23. The second-order valence-electron chi connectivity index (χ2n) is 4.76. The van der Waals surface area contributed by atoms with Crippen molar-refractivity contribution in [1.82, 2.24) is 0 Å². The van der Waals surface area contributed by atoms with Crippen LogP contribution in [0.3, 0.4) is 0 Å². The van der Waals surface area contributed by atoms with Crippen LogP contribution in [0.15, 0.2) is 16.6 Å². The highest BCUT2D eigenvalue weighted by Crippen LogP contribution is 2.32. The molecule has 0 N–H and O–H groups in total. The molecule has 1 aromatic carbocycles. The van der Waals surface area contributed by atoms with Crippen LogP contribution in [-0.2, 0) is 0 Å². The first-order chi connectivity index (χ1) is 8.65. The van der Waals surface area contributed by atoms with Crippen LogP contribution in [0.5, 0.6) is 0 Å². The number of halogens is 2. The predicted molar refractivity (Wildman–Crippen MR) is 74.1 cm³/mol. The average Bonchev–Trinajstić information content (AvgIpc) is 2.58. The van der Waals surface area contributed by atoms with Crippen LogP contribution in [-0.4, -0.2) is 12.6 Å². The lowest BCUT2D eigenvalue weighted by molar-refractivity contribution is 0.577. The Morgan fingerprint density at radius 3 is 2.89 bits per heavy atom. The van der Waals surface area contributed by atoms with Gasteiger partial charge in [0.05, 0.1) is 15.7 Å². The van der Waals surface area contributed by atoms with Crippen molar-refractivity contribution in [2.24, 2.45) is 0 Å². The quantitative estimate of drug-likeness (QED) is 0.776. The highest BCUT2D eigenvalue weighted by Gasteiger charge is 2.22. The van der Waals surface area contributed by atoms with Gasteiger partial charge in [-0.3, -0.25) is 0 Å². The van der Waals surface area contributed by atoms with Gasteiger partial charge in [0.2, 0.25) is 0 Å². The second-order valence-corrected chi connectivity index (χ2v) is 5.56. The number of hydrogen-bond donors (Lipinski definition) is 0. The summed E-state index contributed by atoms with van der Waals surface area (Å²) in [4.78, 5) is 2.12. The minimum Gasteiger partial charge on any atom is -0.366 e. The minimum absolute atomic E-state index is 0.277. The first-order valence-corrected chi connectivity index (χ1v) is 7.09. The van der Waals surface area contributed by atoms with E-state index in [2.05, 4.69) is 27.8 Å². The molecule has 0 amide bonds. The number of anilines is 1. The van der Waals surface area contributed by atoms with Crippen LogP contribution in [0.1, 0.15) is 38.2 Å². The molecule has 1 unspecified atom stereocenters. The van der Waals surface area contributed by atoms with Gasteiger partial charge in [-0.2, -0.15) is 5.26 Å². The molecular formula is C14H16BrFN2. The Morgan fingerprint density at radius 2 is 2.17 bits per heavy atom. The maximum Gasteiger partial charge on any atom is 0.161 e. The summed E-state index contributed by atoms with van der Waals surface area (Å²) in [6.45, 7) is 3.02. The minimum atomic E-state index is -0.317. The average molecular weight is 311 g/mol. The molecule has 1 heterocycles. The van der Waals surface area contributed by atoms with E-state index in [1.54, 1.807) is 12.1 Å². The molecule has 0 radical (unpaired) electrons. The van der Waals surface area contributed by atoms with Gasteiger partial charge in [-0.05, 0) is 47.8 Å². The zero-order valence-electron chi connectivity index (χ0n) is 10.4. The van der Waals surface area contributed by atoms with Gasteiger partial charge in [-0.15, -0.1) is 0 Å². The van der Waals surface area contributed by atoms with E-state index in [9.17, 15) is 4.39 Å². The highest BCUT2D eigenvalue weighted by atomic mass is 79.9. The van der Waals surface area contributed by atoms with Crippen LogP contribution in [0.2, 0.25) is 0 Å². The Balaban J connectivity index is 2.38. The van der Waals surface area contributed by atoms with Crippen LogP contribution < -0.4 is 4.90 Å². The number of hydrogen-bond acceptors (Lipinski definition) is 2. The van der Waals surface area contributed by atoms with Crippen molar-refractivity contribution in [2.45, 2.75) is 38.6 Å². The van der Waals surface area contributed by atoms with Crippen molar-refractivity contribution in [3.63, 3.8) is 0 Å². The molecule has 18 heavy (non-hydrogen) atoms. The van der Waals surface area contributed by atoms with Crippen LogP contribution >= 0.6 is 15.9 Å². The molecule has 1 aliphatic heterocycles. The smallest absolute Gasteiger partial charge is 0.161 e. The van der Waals surface area contributed by atoms with Crippen molar-refractivity contribution < 1.29 is 4.39 Å². The molecule has 0 aliphatic carbocycles. The molecule has 1 atom stereocenters. The topological polar surface area (TPSA) is 27.0 Å².